The lowest BCUT2D eigenvalue weighted by Gasteiger charge is -2.33. The van der Waals surface area contributed by atoms with E-state index in [0.717, 1.165) is 43.0 Å². The molecule has 1 fully saturated rings. The number of carbonyl (C=O) groups excluding carboxylic acids is 3. The number of carbonyl (C=O) groups is 3. The summed E-state index contributed by atoms with van der Waals surface area (Å²) in [6, 6.07) is 10.8. The van der Waals surface area contributed by atoms with Gasteiger partial charge in [-0.1, -0.05) is 18.2 Å². The van der Waals surface area contributed by atoms with Gasteiger partial charge in [0.05, 0.1) is 19.1 Å². The van der Waals surface area contributed by atoms with Crippen LogP contribution in [0.3, 0.4) is 0 Å². The third kappa shape index (κ3) is 8.90. The fourth-order valence-corrected chi connectivity index (χ4v) is 5.23. The van der Waals surface area contributed by atoms with Gasteiger partial charge in [0, 0.05) is 32.0 Å². The molecule has 2 aromatic heterocycles. The van der Waals surface area contributed by atoms with Crippen LogP contribution in [0, 0.1) is 5.92 Å². The Kier molecular flexibility index (Phi) is 10.9. The SMILES string of the molecule is COC(=O)c1ccn(CCC2CCN(C(=O)OC(C)(C)C)CC2)n1.COC(=O)c1ccn(S(=O)(=O)c2ccccc2)n1. The molecule has 1 aliphatic heterocycles. The van der Waals surface area contributed by atoms with E-state index in [1.807, 2.05) is 20.8 Å². The first-order chi connectivity index (χ1) is 19.8. The second-order valence-corrected chi connectivity index (χ2v) is 12.3. The van der Waals surface area contributed by atoms with Crippen molar-refractivity contribution >= 4 is 28.1 Å². The molecule has 13 nitrogen and oxygen atoms in total. The molecule has 1 aliphatic rings. The summed E-state index contributed by atoms with van der Waals surface area (Å²) in [5.74, 6) is -0.550. The highest BCUT2D eigenvalue weighted by atomic mass is 32.2. The summed E-state index contributed by atoms with van der Waals surface area (Å²) >= 11 is 0. The minimum Gasteiger partial charge on any atom is -0.464 e. The smallest absolute Gasteiger partial charge is 0.410 e. The Bertz CT molecular complexity index is 1450. The van der Waals surface area contributed by atoms with Crippen LogP contribution in [-0.4, -0.2) is 83.2 Å². The zero-order valence-corrected chi connectivity index (χ0v) is 25.2. The lowest BCUT2D eigenvalue weighted by atomic mass is 9.94. The highest BCUT2D eigenvalue weighted by Gasteiger charge is 2.27. The number of benzene rings is 1. The van der Waals surface area contributed by atoms with Crippen LogP contribution in [0.5, 0.6) is 0 Å². The summed E-state index contributed by atoms with van der Waals surface area (Å²) in [6.07, 6.45) is 5.67. The number of likely N-dealkylation sites (tertiary alicyclic amines) is 1. The normalized spacial score (nSPS) is 14.0. The molecule has 0 spiro atoms. The molecule has 228 valence electrons. The van der Waals surface area contributed by atoms with E-state index in [9.17, 15) is 22.8 Å². The van der Waals surface area contributed by atoms with Gasteiger partial charge >= 0.3 is 18.0 Å². The van der Waals surface area contributed by atoms with Gasteiger partial charge in [0.25, 0.3) is 10.0 Å². The lowest BCUT2D eigenvalue weighted by molar-refractivity contribution is 0.0179. The maximum absolute atomic E-state index is 12.1. The van der Waals surface area contributed by atoms with Crippen molar-refractivity contribution in [2.45, 2.75) is 57.1 Å². The van der Waals surface area contributed by atoms with E-state index >= 15 is 0 Å². The zero-order chi connectivity index (χ0) is 30.9. The molecule has 1 amide bonds. The van der Waals surface area contributed by atoms with E-state index in [-0.39, 0.29) is 16.7 Å². The van der Waals surface area contributed by atoms with Gasteiger partial charge in [0.1, 0.15) is 5.60 Å². The third-order valence-electron chi connectivity index (χ3n) is 6.32. The largest absolute Gasteiger partial charge is 0.464 e. The van der Waals surface area contributed by atoms with Gasteiger partial charge in [-0.15, -0.1) is 0 Å². The lowest BCUT2D eigenvalue weighted by Crippen LogP contribution is -2.41. The average molecular weight is 604 g/mol. The van der Waals surface area contributed by atoms with Gasteiger partial charge in [-0.3, -0.25) is 4.68 Å². The topological polar surface area (TPSA) is 152 Å². The van der Waals surface area contributed by atoms with Crippen LogP contribution in [0.25, 0.3) is 0 Å². The van der Waals surface area contributed by atoms with Gasteiger partial charge in [-0.2, -0.15) is 22.7 Å². The first-order valence-electron chi connectivity index (χ1n) is 13.4. The number of esters is 2. The maximum Gasteiger partial charge on any atom is 0.410 e. The maximum atomic E-state index is 12.1. The molecule has 4 rings (SSSR count). The van der Waals surface area contributed by atoms with Crippen molar-refractivity contribution in [1.29, 1.82) is 0 Å². The number of piperidine rings is 1. The second-order valence-electron chi connectivity index (χ2n) is 10.5. The molecule has 0 saturated carbocycles. The van der Waals surface area contributed by atoms with Gasteiger partial charge < -0.3 is 19.1 Å². The third-order valence-corrected chi connectivity index (χ3v) is 7.88. The van der Waals surface area contributed by atoms with Crippen LogP contribution in [0.4, 0.5) is 4.79 Å². The summed E-state index contributed by atoms with van der Waals surface area (Å²) in [5, 5.41) is 7.89. The predicted molar refractivity (Wildman–Crippen MR) is 151 cm³/mol. The van der Waals surface area contributed by atoms with E-state index in [1.165, 1.54) is 38.6 Å². The molecule has 42 heavy (non-hydrogen) atoms. The monoisotopic (exact) mass is 603 g/mol. The number of nitrogens with zero attached hydrogens (tertiary/aromatic N) is 5. The molecule has 1 saturated heterocycles. The number of hydrogen-bond donors (Lipinski definition) is 0. The van der Waals surface area contributed by atoms with Crippen molar-refractivity contribution < 1.29 is 37.0 Å². The number of hydrogen-bond acceptors (Lipinski definition) is 10. The highest BCUT2D eigenvalue weighted by Crippen LogP contribution is 2.23. The van der Waals surface area contributed by atoms with E-state index in [4.69, 9.17) is 4.74 Å². The zero-order valence-electron chi connectivity index (χ0n) is 24.4. The number of methoxy groups -OCH3 is 2. The molecule has 0 atom stereocenters. The number of rotatable bonds is 7. The minimum atomic E-state index is -3.76. The number of ether oxygens (including phenoxy) is 3. The van der Waals surface area contributed by atoms with E-state index in [1.54, 1.807) is 40.0 Å². The van der Waals surface area contributed by atoms with Crippen LogP contribution in [0.2, 0.25) is 0 Å². The van der Waals surface area contributed by atoms with Crippen molar-refractivity contribution in [2.24, 2.45) is 5.92 Å². The number of aryl methyl sites for hydroxylation is 1. The van der Waals surface area contributed by atoms with Gasteiger partial charge in [-0.25, -0.2) is 14.4 Å². The Labute approximate surface area is 245 Å². The molecule has 3 heterocycles. The average Bonchev–Trinajstić information content (AvgIpc) is 3.66. The Morgan fingerprint density at radius 3 is 2.02 bits per heavy atom. The van der Waals surface area contributed by atoms with Crippen LogP contribution >= 0.6 is 0 Å². The summed E-state index contributed by atoms with van der Waals surface area (Å²) in [4.78, 5) is 36.5. The summed E-state index contributed by atoms with van der Waals surface area (Å²) in [5.41, 5.74) is -0.181. The molecule has 0 unspecified atom stereocenters. The number of amides is 1. The van der Waals surface area contributed by atoms with Crippen molar-refractivity contribution in [2.75, 3.05) is 27.3 Å². The number of aromatic nitrogens is 4. The Hall–Kier alpha value is -4.20. The standard InChI is InChI=1S/C17H27N3O4.C11H10N2O4S/c1-17(2,3)24-16(22)19-9-5-13(6-10-19)7-11-20-12-8-14(18-20)15(21)23-4;1-17-11(14)10-7-8-13(12-10)18(15,16)9-5-3-2-4-6-9/h8,12-13H,5-7,9-11H2,1-4H3;2-8H,1H3. The molecule has 14 heteroatoms. The Morgan fingerprint density at radius 2 is 1.45 bits per heavy atom. The van der Waals surface area contributed by atoms with Crippen molar-refractivity contribution in [3.05, 3.63) is 66.2 Å². The molecule has 1 aromatic carbocycles. The highest BCUT2D eigenvalue weighted by molar-refractivity contribution is 7.89. The fraction of sp³-hybridized carbons (Fsp3) is 0.464. The Morgan fingerprint density at radius 1 is 0.881 bits per heavy atom. The molecule has 0 N–H and O–H groups in total. The van der Waals surface area contributed by atoms with Crippen LogP contribution in [0.15, 0.2) is 59.8 Å². The van der Waals surface area contributed by atoms with Crippen molar-refractivity contribution in [3.63, 3.8) is 0 Å². The molecule has 0 bridgehead atoms. The minimum absolute atomic E-state index is 0.0583. The van der Waals surface area contributed by atoms with Gasteiger partial charge in [0.2, 0.25) is 0 Å². The Balaban J connectivity index is 0.000000240. The predicted octanol–water partition coefficient (Wildman–Crippen LogP) is 3.61. The molecule has 0 radical (unpaired) electrons. The van der Waals surface area contributed by atoms with Crippen LogP contribution < -0.4 is 0 Å². The summed E-state index contributed by atoms with van der Waals surface area (Å²) < 4.78 is 41.2. The molecular weight excluding hydrogens is 566 g/mol. The van der Waals surface area contributed by atoms with E-state index in [2.05, 4.69) is 19.7 Å². The molecular formula is C28H37N5O8S. The molecule has 3 aromatic rings. The summed E-state index contributed by atoms with van der Waals surface area (Å²) in [7, 11) is -1.21. The van der Waals surface area contributed by atoms with Crippen LogP contribution in [0.1, 0.15) is 61.0 Å². The first-order valence-corrected chi connectivity index (χ1v) is 14.8. The van der Waals surface area contributed by atoms with Gasteiger partial charge in [0.15, 0.2) is 11.4 Å². The first kappa shape index (κ1) is 32.3. The summed E-state index contributed by atoms with van der Waals surface area (Å²) in [6.45, 7) is 7.85. The van der Waals surface area contributed by atoms with E-state index in [0.29, 0.717) is 11.6 Å². The van der Waals surface area contributed by atoms with Crippen molar-refractivity contribution in [1.82, 2.24) is 23.9 Å². The van der Waals surface area contributed by atoms with Crippen LogP contribution in [-0.2, 0) is 30.8 Å². The quantitative estimate of drug-likeness (QED) is 0.289. The molecule has 0 aliphatic carbocycles. The fourth-order valence-electron chi connectivity index (χ4n) is 4.10. The second kappa shape index (κ2) is 14.1. The van der Waals surface area contributed by atoms with Crippen molar-refractivity contribution in [3.8, 4) is 0 Å². The van der Waals surface area contributed by atoms with Gasteiger partial charge in [-0.05, 0) is 70.2 Å². The van der Waals surface area contributed by atoms with E-state index < -0.39 is 27.6 Å².